The molecule has 0 radical (unpaired) electrons. The largest absolute Gasteiger partial charge is 0.336 e. The third kappa shape index (κ3) is 2.50. The van der Waals surface area contributed by atoms with Gasteiger partial charge in [0.1, 0.15) is 6.54 Å². The van der Waals surface area contributed by atoms with E-state index in [1.807, 2.05) is 29.2 Å². The second-order valence-corrected chi connectivity index (χ2v) is 8.04. The van der Waals surface area contributed by atoms with E-state index in [0.717, 1.165) is 49.8 Å². The third-order valence-corrected chi connectivity index (χ3v) is 6.68. The normalized spacial score (nSPS) is 26.9. The van der Waals surface area contributed by atoms with Gasteiger partial charge in [0.15, 0.2) is 0 Å². The molecule has 2 saturated heterocycles. The maximum absolute atomic E-state index is 13.2. The smallest absolute Gasteiger partial charge is 0.329 e. The number of aryl methyl sites for hydroxylation is 1. The van der Waals surface area contributed by atoms with Crippen LogP contribution in [0.4, 0.5) is 0 Å². The van der Waals surface area contributed by atoms with E-state index in [4.69, 9.17) is 0 Å². The average molecular weight is 356 g/mol. The number of para-hydroxylation sites is 2. The molecule has 2 atom stereocenters. The molecule has 0 N–H and O–H groups in total. The minimum Gasteiger partial charge on any atom is -0.336 e. The number of benzene rings is 1. The summed E-state index contributed by atoms with van der Waals surface area (Å²) in [6.07, 6.45) is 4.32. The van der Waals surface area contributed by atoms with Crippen LogP contribution in [0.3, 0.4) is 0 Å². The van der Waals surface area contributed by atoms with Crippen LogP contribution < -0.4 is 5.69 Å². The zero-order valence-electron chi connectivity index (χ0n) is 15.9. The van der Waals surface area contributed by atoms with Gasteiger partial charge in [-0.05, 0) is 58.3 Å². The van der Waals surface area contributed by atoms with E-state index in [1.165, 1.54) is 0 Å². The number of aromatic nitrogens is 2. The molecule has 6 heteroatoms. The van der Waals surface area contributed by atoms with Crippen LogP contribution in [0.2, 0.25) is 0 Å². The number of nitrogens with zero attached hydrogens (tertiary/aromatic N) is 4. The van der Waals surface area contributed by atoms with Crippen LogP contribution in [0.1, 0.15) is 32.6 Å². The zero-order valence-corrected chi connectivity index (χ0v) is 15.9. The van der Waals surface area contributed by atoms with Crippen LogP contribution in [0, 0.1) is 0 Å². The lowest BCUT2D eigenvalue weighted by atomic mass is 9.76. The highest BCUT2D eigenvalue weighted by Crippen LogP contribution is 2.38. The molecule has 1 aromatic carbocycles. The number of carbonyl (C=O) groups excluding carboxylic acids is 1. The number of likely N-dealkylation sites (N-methyl/N-ethyl adjacent to an activating group) is 1. The summed E-state index contributed by atoms with van der Waals surface area (Å²) in [6.45, 7) is 4.31. The Hall–Kier alpha value is -2.08. The fourth-order valence-corrected chi connectivity index (χ4v) is 5.00. The predicted octanol–water partition coefficient (Wildman–Crippen LogP) is 1.82. The summed E-state index contributed by atoms with van der Waals surface area (Å²) in [5.41, 5.74) is 1.62. The fraction of sp³-hybridized carbons (Fsp3) is 0.600. The Balaban J connectivity index is 1.65. The Morgan fingerprint density at radius 1 is 1.15 bits per heavy atom. The molecule has 0 saturated carbocycles. The Labute approximate surface area is 154 Å². The molecule has 6 nitrogen and oxygen atoms in total. The van der Waals surface area contributed by atoms with E-state index in [1.54, 1.807) is 16.2 Å². The van der Waals surface area contributed by atoms with Gasteiger partial charge in [-0.2, -0.15) is 0 Å². The summed E-state index contributed by atoms with van der Waals surface area (Å²) < 4.78 is 3.24. The number of rotatable bonds is 2. The predicted molar refractivity (Wildman–Crippen MR) is 102 cm³/mol. The molecule has 0 aliphatic carbocycles. The summed E-state index contributed by atoms with van der Waals surface area (Å²) in [5.74, 6) is 0.0645. The quantitative estimate of drug-likeness (QED) is 0.825. The van der Waals surface area contributed by atoms with Crippen LogP contribution in [0.5, 0.6) is 0 Å². The van der Waals surface area contributed by atoms with E-state index in [-0.39, 0.29) is 29.7 Å². The van der Waals surface area contributed by atoms with E-state index in [0.29, 0.717) is 0 Å². The number of piperidine rings is 2. The molecule has 0 unspecified atom stereocenters. The van der Waals surface area contributed by atoms with Crippen LogP contribution in [0.15, 0.2) is 29.1 Å². The van der Waals surface area contributed by atoms with Crippen molar-refractivity contribution >= 4 is 16.9 Å². The standard InChI is InChI=1S/C20H28N4O2/c1-20-11-7-13-23(17(20)10-6-12-21(20)2)18(25)14-24-16-9-5-4-8-15(16)22(3)19(24)26/h4-5,8-9,17H,6-7,10-14H2,1-3H3/t17-,20-/m0/s1. The second-order valence-electron chi connectivity index (χ2n) is 8.04. The van der Waals surface area contributed by atoms with Crippen molar-refractivity contribution < 1.29 is 4.79 Å². The molecule has 0 spiro atoms. The maximum atomic E-state index is 13.2. The van der Waals surface area contributed by atoms with Crippen molar-refractivity contribution in [2.24, 2.45) is 7.05 Å². The van der Waals surface area contributed by atoms with Gasteiger partial charge in [-0.25, -0.2) is 4.79 Å². The van der Waals surface area contributed by atoms with Gasteiger partial charge >= 0.3 is 5.69 Å². The van der Waals surface area contributed by atoms with Crippen LogP contribution in [0.25, 0.3) is 11.0 Å². The highest BCUT2D eigenvalue weighted by atomic mass is 16.2. The molecule has 140 valence electrons. The summed E-state index contributed by atoms with van der Waals surface area (Å²) in [4.78, 5) is 30.3. The Kier molecular flexibility index (Phi) is 4.18. The summed E-state index contributed by atoms with van der Waals surface area (Å²) in [5, 5.41) is 0. The van der Waals surface area contributed by atoms with Gasteiger partial charge in [-0.3, -0.25) is 18.8 Å². The SMILES string of the molecule is CN1CCC[C@@H]2N(C(=O)Cn3c(=O)n(C)c4ccccc43)CCC[C@@]21C. The highest BCUT2D eigenvalue weighted by Gasteiger charge is 2.47. The number of hydrogen-bond acceptors (Lipinski definition) is 3. The molecule has 26 heavy (non-hydrogen) atoms. The van der Waals surface area contributed by atoms with Crippen LogP contribution in [-0.4, -0.2) is 56.6 Å². The Morgan fingerprint density at radius 2 is 1.88 bits per heavy atom. The number of hydrogen-bond donors (Lipinski definition) is 0. The third-order valence-electron chi connectivity index (χ3n) is 6.68. The van der Waals surface area contributed by atoms with E-state index in [9.17, 15) is 9.59 Å². The highest BCUT2D eigenvalue weighted by molar-refractivity contribution is 5.81. The van der Waals surface area contributed by atoms with Gasteiger partial charge in [0.25, 0.3) is 0 Å². The van der Waals surface area contributed by atoms with E-state index < -0.39 is 0 Å². The van der Waals surface area contributed by atoms with Crippen molar-refractivity contribution in [3.8, 4) is 0 Å². The van der Waals surface area contributed by atoms with Crippen molar-refractivity contribution in [1.29, 1.82) is 0 Å². The molecule has 2 aliphatic heterocycles. The molecular weight excluding hydrogens is 328 g/mol. The van der Waals surface area contributed by atoms with Crippen molar-refractivity contribution in [1.82, 2.24) is 18.9 Å². The molecule has 1 aromatic heterocycles. The van der Waals surface area contributed by atoms with Crippen LogP contribution in [-0.2, 0) is 18.4 Å². The van der Waals surface area contributed by atoms with Gasteiger partial charge in [-0.1, -0.05) is 12.1 Å². The summed E-state index contributed by atoms with van der Waals surface area (Å²) in [7, 11) is 3.94. The lowest BCUT2D eigenvalue weighted by Gasteiger charge is -2.55. The second kappa shape index (κ2) is 6.27. The summed E-state index contributed by atoms with van der Waals surface area (Å²) in [6, 6.07) is 7.91. The van der Waals surface area contributed by atoms with Crippen molar-refractivity contribution in [2.45, 2.75) is 50.7 Å². The van der Waals surface area contributed by atoms with E-state index in [2.05, 4.69) is 18.9 Å². The van der Waals surface area contributed by atoms with Crippen LogP contribution >= 0.6 is 0 Å². The molecule has 1 amide bonds. The van der Waals surface area contributed by atoms with Gasteiger partial charge < -0.3 is 4.90 Å². The van der Waals surface area contributed by atoms with Gasteiger partial charge in [0.2, 0.25) is 5.91 Å². The topological polar surface area (TPSA) is 50.5 Å². The van der Waals surface area contributed by atoms with Crippen molar-refractivity contribution in [2.75, 3.05) is 20.1 Å². The molecule has 4 rings (SSSR count). The summed E-state index contributed by atoms with van der Waals surface area (Å²) >= 11 is 0. The first kappa shape index (κ1) is 17.3. The average Bonchev–Trinajstić information content (AvgIpc) is 2.87. The lowest BCUT2D eigenvalue weighted by Crippen LogP contribution is -2.66. The molecular formula is C20H28N4O2. The number of imidazole rings is 1. The van der Waals surface area contributed by atoms with Gasteiger partial charge in [-0.15, -0.1) is 0 Å². The number of carbonyl (C=O) groups is 1. The van der Waals surface area contributed by atoms with Crippen molar-refractivity contribution in [3.05, 3.63) is 34.7 Å². The number of likely N-dealkylation sites (tertiary alicyclic amines) is 2. The molecule has 2 fully saturated rings. The number of fused-ring (bicyclic) bond motifs is 2. The molecule has 2 aliphatic rings. The fourth-order valence-electron chi connectivity index (χ4n) is 5.00. The monoisotopic (exact) mass is 356 g/mol. The Bertz CT molecular complexity index is 899. The zero-order chi connectivity index (χ0) is 18.5. The maximum Gasteiger partial charge on any atom is 0.329 e. The van der Waals surface area contributed by atoms with Crippen molar-refractivity contribution in [3.63, 3.8) is 0 Å². The van der Waals surface area contributed by atoms with Gasteiger partial charge in [0, 0.05) is 25.2 Å². The molecule has 3 heterocycles. The van der Waals surface area contributed by atoms with Gasteiger partial charge in [0.05, 0.1) is 11.0 Å². The first-order valence-corrected chi connectivity index (χ1v) is 9.58. The minimum absolute atomic E-state index is 0.0515. The Morgan fingerprint density at radius 3 is 2.65 bits per heavy atom. The number of amides is 1. The van der Waals surface area contributed by atoms with E-state index >= 15 is 0 Å². The minimum atomic E-state index is -0.125. The lowest BCUT2D eigenvalue weighted by molar-refractivity contribution is -0.143. The molecule has 0 bridgehead atoms. The first-order chi connectivity index (χ1) is 12.4. The molecule has 2 aromatic rings. The first-order valence-electron chi connectivity index (χ1n) is 9.58.